The fourth-order valence-corrected chi connectivity index (χ4v) is 5.39. The predicted octanol–water partition coefficient (Wildman–Crippen LogP) is 3.03. The highest BCUT2D eigenvalue weighted by Gasteiger charge is 2.26. The Labute approximate surface area is 243 Å². The molecule has 2 aliphatic rings. The van der Waals surface area contributed by atoms with Crippen molar-refractivity contribution in [2.75, 3.05) is 48.4 Å². The van der Waals surface area contributed by atoms with Gasteiger partial charge in [-0.25, -0.2) is 9.97 Å². The van der Waals surface area contributed by atoms with E-state index < -0.39 is 11.9 Å². The molecule has 42 heavy (non-hydrogen) atoms. The van der Waals surface area contributed by atoms with Crippen LogP contribution in [0.15, 0.2) is 54.7 Å². The van der Waals surface area contributed by atoms with Crippen LogP contribution in [0.2, 0.25) is 0 Å². The molecule has 12 nitrogen and oxygen atoms in total. The van der Waals surface area contributed by atoms with E-state index in [-0.39, 0.29) is 29.4 Å². The van der Waals surface area contributed by atoms with Gasteiger partial charge in [0.25, 0.3) is 11.8 Å². The van der Waals surface area contributed by atoms with Crippen molar-refractivity contribution in [1.82, 2.24) is 15.3 Å². The summed E-state index contributed by atoms with van der Waals surface area (Å²) in [7, 11) is 1.58. The fraction of sp³-hybridized carbons (Fsp3) is 0.367. The maximum absolute atomic E-state index is 12.8. The zero-order chi connectivity index (χ0) is 29.6. The largest absolute Gasteiger partial charge is 0.497 e. The molecular formula is C30H35N7O5. The van der Waals surface area contributed by atoms with E-state index in [0.717, 1.165) is 25.1 Å². The number of ether oxygens (including phenoxy) is 1. The molecule has 3 aromatic rings. The number of nitrogens with zero attached hydrogens (tertiary/aromatic N) is 4. The second kappa shape index (κ2) is 12.8. The smallest absolute Gasteiger partial charge is 0.306 e. The van der Waals surface area contributed by atoms with Crippen molar-refractivity contribution in [2.24, 2.45) is 11.7 Å². The van der Waals surface area contributed by atoms with E-state index in [4.69, 9.17) is 15.5 Å². The molecule has 5 N–H and O–H groups in total. The standard InChI is InChI=1S/C30H35N7O5/c1-42-24-10-4-19(5-11-24)29(39)34-22-3-2-14-37(18-22)25-17-32-26(27(31)38)28(35-25)33-21-6-8-23(9-7-21)36-15-12-20(13-16-36)30(40)41/h4-11,17,20,22H,2-3,12-16,18H2,1H3,(H2,31,38)(H,33,35)(H,34,39)(H,40,41)/t22-/m1/s1. The number of piperidine rings is 2. The highest BCUT2D eigenvalue weighted by Crippen LogP contribution is 2.27. The van der Waals surface area contributed by atoms with Crippen LogP contribution >= 0.6 is 0 Å². The van der Waals surface area contributed by atoms with Crippen molar-refractivity contribution in [3.63, 3.8) is 0 Å². The van der Waals surface area contributed by atoms with Gasteiger partial charge in [0, 0.05) is 49.2 Å². The third kappa shape index (κ3) is 6.70. The molecule has 1 aromatic heterocycles. The maximum atomic E-state index is 12.8. The molecule has 0 spiro atoms. The van der Waals surface area contributed by atoms with Crippen LogP contribution in [0.25, 0.3) is 0 Å². The van der Waals surface area contributed by atoms with Crippen LogP contribution in [0.5, 0.6) is 5.75 Å². The number of aromatic nitrogens is 2. The summed E-state index contributed by atoms with van der Waals surface area (Å²) < 4.78 is 5.17. The second-order valence-electron chi connectivity index (χ2n) is 10.5. The van der Waals surface area contributed by atoms with Gasteiger partial charge in [-0.1, -0.05) is 0 Å². The summed E-state index contributed by atoms with van der Waals surface area (Å²) >= 11 is 0. The minimum Gasteiger partial charge on any atom is -0.497 e. The number of rotatable bonds is 9. The van der Waals surface area contributed by atoms with Crippen LogP contribution in [0.4, 0.5) is 23.0 Å². The minimum absolute atomic E-state index is 0.0277. The number of benzene rings is 2. The zero-order valence-electron chi connectivity index (χ0n) is 23.5. The lowest BCUT2D eigenvalue weighted by Gasteiger charge is -2.34. The molecule has 0 aliphatic carbocycles. The number of anilines is 4. The summed E-state index contributed by atoms with van der Waals surface area (Å²) in [5.74, 6) is -0.370. The summed E-state index contributed by atoms with van der Waals surface area (Å²) in [6.07, 6.45) is 4.44. The molecule has 12 heteroatoms. The fourth-order valence-electron chi connectivity index (χ4n) is 5.39. The number of aliphatic carboxylic acids is 1. The van der Waals surface area contributed by atoms with E-state index in [1.165, 1.54) is 6.20 Å². The molecule has 0 saturated carbocycles. The van der Waals surface area contributed by atoms with Gasteiger partial charge < -0.3 is 36.0 Å². The van der Waals surface area contributed by atoms with E-state index in [1.54, 1.807) is 31.4 Å². The van der Waals surface area contributed by atoms with Gasteiger partial charge in [-0.2, -0.15) is 0 Å². The average Bonchev–Trinajstić information content (AvgIpc) is 3.01. The number of nitrogens with one attached hydrogen (secondary N) is 2. The number of amides is 2. The van der Waals surface area contributed by atoms with Gasteiger partial charge in [-0.15, -0.1) is 0 Å². The number of carbonyl (C=O) groups excluding carboxylic acids is 2. The Kier molecular flexibility index (Phi) is 8.70. The summed E-state index contributed by atoms with van der Waals surface area (Å²) in [6.45, 7) is 2.63. The SMILES string of the molecule is COc1ccc(C(=O)N[C@@H]2CCCN(c3cnc(C(N)=O)c(Nc4ccc(N5CCC(C(=O)O)CC5)cc4)n3)C2)cc1. The van der Waals surface area contributed by atoms with Gasteiger partial charge in [0.05, 0.1) is 19.2 Å². The number of methoxy groups -OCH3 is 1. The van der Waals surface area contributed by atoms with Crippen molar-refractivity contribution < 1.29 is 24.2 Å². The molecule has 3 heterocycles. The first-order valence-electron chi connectivity index (χ1n) is 14.0. The van der Waals surface area contributed by atoms with Gasteiger partial charge in [0.1, 0.15) is 11.6 Å². The van der Waals surface area contributed by atoms with E-state index in [1.807, 2.05) is 29.2 Å². The van der Waals surface area contributed by atoms with E-state index >= 15 is 0 Å². The Hall–Kier alpha value is -4.87. The highest BCUT2D eigenvalue weighted by molar-refractivity contribution is 5.96. The van der Waals surface area contributed by atoms with Gasteiger partial charge >= 0.3 is 5.97 Å². The molecule has 2 aliphatic heterocycles. The zero-order valence-corrected chi connectivity index (χ0v) is 23.5. The number of hydrogen-bond acceptors (Lipinski definition) is 9. The maximum Gasteiger partial charge on any atom is 0.306 e. The monoisotopic (exact) mass is 573 g/mol. The molecule has 0 bridgehead atoms. The first kappa shape index (κ1) is 28.7. The molecule has 2 fully saturated rings. The van der Waals surface area contributed by atoms with Gasteiger partial charge in [-0.05, 0) is 74.2 Å². The van der Waals surface area contributed by atoms with Gasteiger partial charge in [-0.3, -0.25) is 14.4 Å². The van der Waals surface area contributed by atoms with Crippen LogP contribution in [0.3, 0.4) is 0 Å². The first-order chi connectivity index (χ1) is 20.3. The number of primary amides is 1. The lowest BCUT2D eigenvalue weighted by Crippen LogP contribution is -2.48. The van der Waals surface area contributed by atoms with Gasteiger partial charge in [0.2, 0.25) is 0 Å². The number of hydrogen-bond donors (Lipinski definition) is 4. The number of carbonyl (C=O) groups is 3. The van der Waals surface area contributed by atoms with Crippen LogP contribution < -0.4 is 30.9 Å². The van der Waals surface area contributed by atoms with Crippen LogP contribution in [0.1, 0.15) is 46.5 Å². The van der Waals surface area contributed by atoms with Crippen molar-refractivity contribution in [1.29, 1.82) is 0 Å². The molecule has 1 atom stereocenters. The summed E-state index contributed by atoms with van der Waals surface area (Å²) in [5.41, 5.74) is 7.89. The molecule has 2 saturated heterocycles. The molecular weight excluding hydrogens is 538 g/mol. The Balaban J connectivity index is 1.25. The van der Waals surface area contributed by atoms with E-state index in [0.29, 0.717) is 55.3 Å². The summed E-state index contributed by atoms with van der Waals surface area (Å²) in [5, 5.41) is 15.5. The highest BCUT2D eigenvalue weighted by atomic mass is 16.5. The van der Waals surface area contributed by atoms with E-state index in [9.17, 15) is 19.5 Å². The third-order valence-corrected chi connectivity index (χ3v) is 7.77. The topological polar surface area (TPSA) is 163 Å². The Morgan fingerprint density at radius 3 is 2.33 bits per heavy atom. The normalized spacial score (nSPS) is 17.4. The Bertz CT molecular complexity index is 1420. The lowest BCUT2D eigenvalue weighted by molar-refractivity contribution is -0.142. The summed E-state index contributed by atoms with van der Waals surface area (Å²) in [4.78, 5) is 49.4. The molecule has 220 valence electrons. The van der Waals surface area contributed by atoms with Crippen LogP contribution in [-0.4, -0.2) is 72.2 Å². The molecule has 0 unspecified atom stereocenters. The molecule has 2 amide bonds. The van der Waals surface area contributed by atoms with Crippen molar-refractivity contribution in [3.8, 4) is 5.75 Å². The summed E-state index contributed by atoms with van der Waals surface area (Å²) in [6, 6.07) is 14.5. The number of carboxylic acid groups (broad SMARTS) is 1. The van der Waals surface area contributed by atoms with Crippen LogP contribution in [0, 0.1) is 5.92 Å². The van der Waals surface area contributed by atoms with Crippen molar-refractivity contribution in [2.45, 2.75) is 31.7 Å². The Morgan fingerprint density at radius 1 is 0.976 bits per heavy atom. The quantitative estimate of drug-likeness (QED) is 0.299. The third-order valence-electron chi connectivity index (χ3n) is 7.77. The average molecular weight is 574 g/mol. The number of nitrogens with two attached hydrogens (primary N) is 1. The molecule has 0 radical (unpaired) electrons. The van der Waals surface area contributed by atoms with E-state index in [2.05, 4.69) is 20.5 Å². The van der Waals surface area contributed by atoms with Gasteiger partial charge in [0.15, 0.2) is 11.5 Å². The van der Waals surface area contributed by atoms with Crippen molar-refractivity contribution >= 4 is 40.8 Å². The predicted molar refractivity (Wildman–Crippen MR) is 159 cm³/mol. The molecule has 2 aromatic carbocycles. The minimum atomic E-state index is -0.735. The number of carboxylic acids is 1. The van der Waals surface area contributed by atoms with Crippen LogP contribution in [-0.2, 0) is 4.79 Å². The second-order valence-corrected chi connectivity index (χ2v) is 10.5. The Morgan fingerprint density at radius 2 is 1.69 bits per heavy atom. The lowest BCUT2D eigenvalue weighted by atomic mass is 9.97. The molecule has 5 rings (SSSR count). The first-order valence-corrected chi connectivity index (χ1v) is 14.0. The van der Waals surface area contributed by atoms with Crippen molar-refractivity contribution in [3.05, 3.63) is 66.0 Å².